The fourth-order valence-corrected chi connectivity index (χ4v) is 1.34. The standard InChI is InChI=1S/C12H18N2O3/c1-16-8-4-7-13-11(15)9-10-5-3-6-12(14-10)17-2/h3,5-6H,4,7-9H2,1-2H3,(H,13,15). The summed E-state index contributed by atoms with van der Waals surface area (Å²) in [4.78, 5) is 15.7. The molecule has 1 N–H and O–H groups in total. The van der Waals surface area contributed by atoms with Crippen LogP contribution < -0.4 is 10.1 Å². The number of nitrogens with one attached hydrogen (secondary N) is 1. The van der Waals surface area contributed by atoms with Crippen molar-refractivity contribution in [1.29, 1.82) is 0 Å². The van der Waals surface area contributed by atoms with Gasteiger partial charge in [-0.15, -0.1) is 0 Å². The second-order valence-corrected chi connectivity index (χ2v) is 3.54. The van der Waals surface area contributed by atoms with E-state index in [0.717, 1.165) is 6.42 Å². The second-order valence-electron chi connectivity index (χ2n) is 3.54. The molecule has 1 aromatic rings. The predicted molar refractivity (Wildman–Crippen MR) is 64.0 cm³/mol. The first-order chi connectivity index (χ1) is 8.26. The molecule has 0 aliphatic carbocycles. The van der Waals surface area contributed by atoms with Gasteiger partial charge in [-0.2, -0.15) is 0 Å². The lowest BCUT2D eigenvalue weighted by Gasteiger charge is -2.05. The van der Waals surface area contributed by atoms with Crippen molar-refractivity contribution < 1.29 is 14.3 Å². The Bertz CT molecular complexity index is 355. The highest BCUT2D eigenvalue weighted by Gasteiger charge is 2.04. The van der Waals surface area contributed by atoms with Crippen LogP contribution in [-0.4, -0.2) is 38.3 Å². The maximum absolute atomic E-state index is 11.5. The molecule has 0 aliphatic rings. The molecule has 0 fully saturated rings. The number of carbonyl (C=O) groups is 1. The molecule has 5 heteroatoms. The molecule has 0 atom stereocenters. The predicted octanol–water partition coefficient (Wildman–Crippen LogP) is 0.785. The third-order valence-corrected chi connectivity index (χ3v) is 2.18. The quantitative estimate of drug-likeness (QED) is 0.713. The lowest BCUT2D eigenvalue weighted by atomic mass is 10.2. The molecule has 0 saturated carbocycles. The van der Waals surface area contributed by atoms with Crippen molar-refractivity contribution in [3.8, 4) is 5.88 Å². The first-order valence-electron chi connectivity index (χ1n) is 5.52. The largest absolute Gasteiger partial charge is 0.481 e. The van der Waals surface area contributed by atoms with Crippen LogP contribution in [0.1, 0.15) is 12.1 Å². The Balaban J connectivity index is 2.34. The lowest BCUT2D eigenvalue weighted by Crippen LogP contribution is -2.27. The molecule has 1 rings (SSSR count). The Morgan fingerprint density at radius 1 is 1.41 bits per heavy atom. The van der Waals surface area contributed by atoms with E-state index in [9.17, 15) is 4.79 Å². The van der Waals surface area contributed by atoms with E-state index in [0.29, 0.717) is 24.7 Å². The van der Waals surface area contributed by atoms with E-state index in [-0.39, 0.29) is 12.3 Å². The Morgan fingerprint density at radius 2 is 2.24 bits per heavy atom. The molecule has 0 unspecified atom stereocenters. The normalized spacial score (nSPS) is 10.0. The van der Waals surface area contributed by atoms with Crippen LogP contribution in [0.15, 0.2) is 18.2 Å². The zero-order chi connectivity index (χ0) is 12.5. The zero-order valence-corrected chi connectivity index (χ0v) is 10.2. The average Bonchev–Trinajstić information content (AvgIpc) is 2.35. The molecule has 0 spiro atoms. The van der Waals surface area contributed by atoms with Gasteiger partial charge < -0.3 is 14.8 Å². The van der Waals surface area contributed by atoms with E-state index in [4.69, 9.17) is 9.47 Å². The van der Waals surface area contributed by atoms with Gasteiger partial charge in [-0.25, -0.2) is 4.98 Å². The minimum atomic E-state index is -0.0399. The van der Waals surface area contributed by atoms with E-state index in [2.05, 4.69) is 10.3 Å². The Kier molecular flexibility index (Phi) is 6.03. The van der Waals surface area contributed by atoms with E-state index in [1.165, 1.54) is 0 Å². The fourth-order valence-electron chi connectivity index (χ4n) is 1.34. The van der Waals surface area contributed by atoms with Gasteiger partial charge in [-0.3, -0.25) is 4.79 Å². The van der Waals surface area contributed by atoms with Gasteiger partial charge in [0, 0.05) is 26.3 Å². The molecular weight excluding hydrogens is 220 g/mol. The van der Waals surface area contributed by atoms with Crippen molar-refractivity contribution in [3.63, 3.8) is 0 Å². The van der Waals surface area contributed by atoms with Gasteiger partial charge in [0.05, 0.1) is 19.2 Å². The van der Waals surface area contributed by atoms with Gasteiger partial charge in [0.2, 0.25) is 11.8 Å². The molecule has 5 nitrogen and oxygen atoms in total. The van der Waals surface area contributed by atoms with Crippen LogP contribution in [-0.2, 0) is 16.0 Å². The summed E-state index contributed by atoms with van der Waals surface area (Å²) in [5, 5.41) is 2.80. The molecule has 17 heavy (non-hydrogen) atoms. The monoisotopic (exact) mass is 238 g/mol. The van der Waals surface area contributed by atoms with Crippen LogP contribution in [0.4, 0.5) is 0 Å². The van der Waals surface area contributed by atoms with Crippen molar-refractivity contribution in [2.24, 2.45) is 0 Å². The number of hydrogen-bond donors (Lipinski definition) is 1. The molecule has 0 aliphatic heterocycles. The summed E-state index contributed by atoms with van der Waals surface area (Å²) in [5.74, 6) is 0.483. The summed E-state index contributed by atoms with van der Waals surface area (Å²) < 4.78 is 9.88. The highest BCUT2D eigenvalue weighted by Crippen LogP contribution is 2.06. The molecule has 0 aromatic carbocycles. The number of nitrogens with zero attached hydrogens (tertiary/aromatic N) is 1. The van der Waals surface area contributed by atoms with Gasteiger partial charge in [0.25, 0.3) is 0 Å². The van der Waals surface area contributed by atoms with Crippen molar-refractivity contribution in [1.82, 2.24) is 10.3 Å². The maximum Gasteiger partial charge on any atom is 0.226 e. The number of pyridine rings is 1. The van der Waals surface area contributed by atoms with Crippen molar-refractivity contribution in [2.45, 2.75) is 12.8 Å². The van der Waals surface area contributed by atoms with Gasteiger partial charge in [0.1, 0.15) is 0 Å². The third kappa shape index (κ3) is 5.31. The van der Waals surface area contributed by atoms with Crippen LogP contribution in [0.3, 0.4) is 0 Å². The average molecular weight is 238 g/mol. The second kappa shape index (κ2) is 7.62. The number of rotatable bonds is 7. The van der Waals surface area contributed by atoms with Crippen molar-refractivity contribution >= 4 is 5.91 Å². The highest BCUT2D eigenvalue weighted by atomic mass is 16.5. The topological polar surface area (TPSA) is 60.5 Å². The molecular formula is C12H18N2O3. The van der Waals surface area contributed by atoms with E-state index in [1.54, 1.807) is 26.4 Å². The minimum absolute atomic E-state index is 0.0399. The summed E-state index contributed by atoms with van der Waals surface area (Å²) in [6.45, 7) is 1.27. The van der Waals surface area contributed by atoms with Crippen molar-refractivity contribution in [3.05, 3.63) is 23.9 Å². The van der Waals surface area contributed by atoms with Gasteiger partial charge in [-0.1, -0.05) is 6.07 Å². The molecule has 1 heterocycles. The Labute approximate surface area is 101 Å². The molecule has 0 radical (unpaired) electrons. The molecule has 94 valence electrons. The van der Waals surface area contributed by atoms with Crippen molar-refractivity contribution in [2.75, 3.05) is 27.4 Å². The minimum Gasteiger partial charge on any atom is -0.481 e. The summed E-state index contributed by atoms with van der Waals surface area (Å²) >= 11 is 0. The van der Waals surface area contributed by atoms with E-state index in [1.807, 2.05) is 6.07 Å². The van der Waals surface area contributed by atoms with Crippen LogP contribution in [0, 0.1) is 0 Å². The molecule has 0 bridgehead atoms. The lowest BCUT2D eigenvalue weighted by molar-refractivity contribution is -0.120. The SMILES string of the molecule is COCCCNC(=O)Cc1cccc(OC)n1. The van der Waals surface area contributed by atoms with E-state index < -0.39 is 0 Å². The number of ether oxygens (including phenoxy) is 2. The summed E-state index contributed by atoms with van der Waals surface area (Å²) in [6.07, 6.45) is 1.08. The zero-order valence-electron chi connectivity index (χ0n) is 10.2. The van der Waals surface area contributed by atoms with Gasteiger partial charge >= 0.3 is 0 Å². The number of hydrogen-bond acceptors (Lipinski definition) is 4. The third-order valence-electron chi connectivity index (χ3n) is 2.18. The fraction of sp³-hybridized carbons (Fsp3) is 0.500. The Morgan fingerprint density at radius 3 is 2.94 bits per heavy atom. The maximum atomic E-state index is 11.5. The number of carbonyl (C=O) groups excluding carboxylic acids is 1. The smallest absolute Gasteiger partial charge is 0.226 e. The van der Waals surface area contributed by atoms with Crippen LogP contribution in [0.2, 0.25) is 0 Å². The van der Waals surface area contributed by atoms with Crippen LogP contribution in [0.5, 0.6) is 5.88 Å². The molecule has 1 aromatic heterocycles. The van der Waals surface area contributed by atoms with Crippen LogP contribution >= 0.6 is 0 Å². The van der Waals surface area contributed by atoms with Gasteiger partial charge in [-0.05, 0) is 12.5 Å². The van der Waals surface area contributed by atoms with Gasteiger partial charge in [0.15, 0.2) is 0 Å². The molecule has 0 saturated heterocycles. The Hall–Kier alpha value is -1.62. The number of methoxy groups -OCH3 is 2. The summed E-state index contributed by atoms with van der Waals surface area (Å²) in [7, 11) is 3.19. The van der Waals surface area contributed by atoms with Crippen LogP contribution in [0.25, 0.3) is 0 Å². The summed E-state index contributed by atoms with van der Waals surface area (Å²) in [5.41, 5.74) is 0.702. The highest BCUT2D eigenvalue weighted by molar-refractivity contribution is 5.78. The first-order valence-corrected chi connectivity index (χ1v) is 5.52. The number of aromatic nitrogens is 1. The molecule has 1 amide bonds. The van der Waals surface area contributed by atoms with E-state index >= 15 is 0 Å². The summed E-state index contributed by atoms with van der Waals surface area (Å²) in [6, 6.07) is 5.37. The first kappa shape index (κ1) is 13.4. The number of amides is 1.